The molecule has 0 bridgehead atoms. The van der Waals surface area contributed by atoms with Crippen molar-refractivity contribution in [2.75, 3.05) is 31.6 Å². The second-order valence-corrected chi connectivity index (χ2v) is 5.41. The molecule has 112 valence electrons. The molecule has 1 saturated heterocycles. The van der Waals surface area contributed by atoms with Gasteiger partial charge >= 0.3 is 0 Å². The molecule has 1 aromatic rings. The van der Waals surface area contributed by atoms with Gasteiger partial charge < -0.3 is 14.5 Å². The molecule has 0 aromatic carbocycles. The third kappa shape index (κ3) is 3.70. The van der Waals surface area contributed by atoms with Crippen LogP contribution in [0.15, 0.2) is 18.3 Å². The van der Waals surface area contributed by atoms with Crippen molar-refractivity contribution < 1.29 is 9.53 Å². The van der Waals surface area contributed by atoms with Crippen molar-refractivity contribution in [1.82, 2.24) is 9.88 Å². The van der Waals surface area contributed by atoms with Gasteiger partial charge in [-0.15, -0.1) is 0 Å². The summed E-state index contributed by atoms with van der Waals surface area (Å²) >= 11 is 0. The van der Waals surface area contributed by atoms with Crippen molar-refractivity contribution in [3.8, 4) is 6.07 Å². The molecule has 1 amide bonds. The normalized spacial score (nSPS) is 21.7. The number of pyridine rings is 1. The van der Waals surface area contributed by atoms with E-state index in [-0.39, 0.29) is 24.6 Å². The van der Waals surface area contributed by atoms with Crippen LogP contribution >= 0.6 is 0 Å². The Labute approximate surface area is 124 Å². The van der Waals surface area contributed by atoms with Gasteiger partial charge in [0.2, 0.25) is 5.91 Å². The largest absolute Gasteiger partial charge is 0.375 e. The van der Waals surface area contributed by atoms with Gasteiger partial charge in [-0.25, -0.2) is 4.98 Å². The Kier molecular flexibility index (Phi) is 4.76. The molecule has 1 aromatic heterocycles. The first-order chi connectivity index (χ1) is 10.0. The van der Waals surface area contributed by atoms with Crippen molar-refractivity contribution in [2.45, 2.75) is 26.0 Å². The lowest BCUT2D eigenvalue weighted by Gasteiger charge is -2.37. The van der Waals surface area contributed by atoms with Crippen molar-refractivity contribution in [3.05, 3.63) is 23.9 Å². The first-order valence-corrected chi connectivity index (χ1v) is 6.99. The van der Waals surface area contributed by atoms with Crippen LogP contribution in [0.3, 0.4) is 0 Å². The third-order valence-electron chi connectivity index (χ3n) is 3.57. The summed E-state index contributed by atoms with van der Waals surface area (Å²) in [7, 11) is 1.82. The summed E-state index contributed by atoms with van der Waals surface area (Å²) in [6, 6.07) is 5.56. The highest BCUT2D eigenvalue weighted by molar-refractivity contribution is 5.81. The second-order valence-electron chi connectivity index (χ2n) is 5.41. The number of hydrogen-bond donors (Lipinski definition) is 0. The Morgan fingerprint density at radius 1 is 1.57 bits per heavy atom. The smallest absolute Gasteiger partial charge is 0.242 e. The van der Waals surface area contributed by atoms with Crippen LogP contribution in [0.25, 0.3) is 0 Å². The molecule has 1 aliphatic rings. The van der Waals surface area contributed by atoms with Crippen LogP contribution in [0.2, 0.25) is 0 Å². The second kappa shape index (κ2) is 6.55. The van der Waals surface area contributed by atoms with E-state index < -0.39 is 0 Å². The van der Waals surface area contributed by atoms with Crippen LogP contribution < -0.4 is 4.90 Å². The van der Waals surface area contributed by atoms with E-state index in [0.717, 1.165) is 0 Å². The van der Waals surface area contributed by atoms with E-state index in [4.69, 9.17) is 10.00 Å². The standard InChI is InChI=1S/C15H20N4O2/c1-11-10-21-12(2)8-19(11)15(20)9-18(3)14-5-4-13(6-16)7-17-14/h4-5,7,11-12H,8-10H2,1-3H3. The number of morpholine rings is 1. The van der Waals surface area contributed by atoms with E-state index in [1.165, 1.54) is 6.20 Å². The number of carbonyl (C=O) groups excluding carboxylic acids is 1. The van der Waals surface area contributed by atoms with Gasteiger partial charge in [-0.2, -0.15) is 5.26 Å². The summed E-state index contributed by atoms with van der Waals surface area (Å²) in [5.41, 5.74) is 0.508. The number of anilines is 1. The molecule has 1 fully saturated rings. The van der Waals surface area contributed by atoms with Gasteiger partial charge in [-0.3, -0.25) is 4.79 Å². The SMILES string of the molecule is CC1CN(C(=O)CN(C)c2ccc(C#N)cn2)C(C)CO1. The van der Waals surface area contributed by atoms with Crippen molar-refractivity contribution in [1.29, 1.82) is 5.26 Å². The number of nitrogens with zero attached hydrogens (tertiary/aromatic N) is 4. The Balaban J connectivity index is 1.99. The number of rotatable bonds is 3. The maximum absolute atomic E-state index is 12.4. The summed E-state index contributed by atoms with van der Waals surface area (Å²) in [6.07, 6.45) is 1.58. The number of aromatic nitrogens is 1. The average molecular weight is 288 g/mol. The van der Waals surface area contributed by atoms with Gasteiger partial charge in [-0.1, -0.05) is 0 Å². The van der Waals surface area contributed by atoms with Crippen LogP contribution in [0.1, 0.15) is 19.4 Å². The number of likely N-dealkylation sites (N-methyl/N-ethyl adjacent to an activating group) is 1. The van der Waals surface area contributed by atoms with Gasteiger partial charge in [0.25, 0.3) is 0 Å². The van der Waals surface area contributed by atoms with Crippen LogP contribution in [-0.2, 0) is 9.53 Å². The zero-order valence-corrected chi connectivity index (χ0v) is 12.6. The zero-order valence-electron chi connectivity index (χ0n) is 12.6. The van der Waals surface area contributed by atoms with E-state index >= 15 is 0 Å². The molecule has 21 heavy (non-hydrogen) atoms. The molecule has 0 saturated carbocycles. The highest BCUT2D eigenvalue weighted by Gasteiger charge is 2.28. The predicted molar refractivity (Wildman–Crippen MR) is 78.8 cm³/mol. The summed E-state index contributed by atoms with van der Waals surface area (Å²) in [5.74, 6) is 0.739. The van der Waals surface area contributed by atoms with E-state index in [0.29, 0.717) is 24.5 Å². The molecular weight excluding hydrogens is 268 g/mol. The molecule has 1 aliphatic heterocycles. The first kappa shape index (κ1) is 15.3. The minimum Gasteiger partial charge on any atom is -0.375 e. The van der Waals surface area contributed by atoms with E-state index in [1.807, 2.05) is 31.9 Å². The highest BCUT2D eigenvalue weighted by Crippen LogP contribution is 2.14. The van der Waals surface area contributed by atoms with Crippen LogP contribution in [0.5, 0.6) is 0 Å². The third-order valence-corrected chi connectivity index (χ3v) is 3.57. The fraction of sp³-hybridized carbons (Fsp3) is 0.533. The lowest BCUT2D eigenvalue weighted by Crippen LogP contribution is -2.52. The van der Waals surface area contributed by atoms with Crippen LogP contribution in [0, 0.1) is 11.3 Å². The maximum Gasteiger partial charge on any atom is 0.242 e. The summed E-state index contributed by atoms with van der Waals surface area (Å²) in [4.78, 5) is 20.2. The molecule has 2 unspecified atom stereocenters. The molecule has 0 radical (unpaired) electrons. The highest BCUT2D eigenvalue weighted by atomic mass is 16.5. The minimum atomic E-state index is 0.0614. The van der Waals surface area contributed by atoms with Crippen LogP contribution in [-0.4, -0.2) is 54.7 Å². The number of nitriles is 1. The molecule has 0 N–H and O–H groups in total. The fourth-order valence-corrected chi connectivity index (χ4v) is 2.30. The van der Waals surface area contributed by atoms with Gasteiger partial charge in [-0.05, 0) is 26.0 Å². The molecule has 0 spiro atoms. The van der Waals surface area contributed by atoms with Gasteiger partial charge in [0.1, 0.15) is 11.9 Å². The minimum absolute atomic E-state index is 0.0614. The molecule has 2 rings (SSSR count). The number of hydrogen-bond acceptors (Lipinski definition) is 5. The number of carbonyl (C=O) groups is 1. The topological polar surface area (TPSA) is 69.5 Å². The van der Waals surface area contributed by atoms with Crippen molar-refractivity contribution >= 4 is 11.7 Å². The Morgan fingerprint density at radius 2 is 2.33 bits per heavy atom. The predicted octanol–water partition coefficient (Wildman–Crippen LogP) is 1.03. The molecule has 6 nitrogen and oxygen atoms in total. The quantitative estimate of drug-likeness (QED) is 0.830. The van der Waals surface area contributed by atoms with E-state index in [9.17, 15) is 4.79 Å². The number of ether oxygens (including phenoxy) is 1. The first-order valence-electron chi connectivity index (χ1n) is 6.99. The summed E-state index contributed by atoms with van der Waals surface area (Å²) in [6.45, 7) is 5.41. The molecule has 2 heterocycles. The lowest BCUT2D eigenvalue weighted by molar-refractivity contribution is -0.141. The van der Waals surface area contributed by atoms with Crippen molar-refractivity contribution in [2.24, 2.45) is 0 Å². The van der Waals surface area contributed by atoms with Crippen molar-refractivity contribution in [3.63, 3.8) is 0 Å². The van der Waals surface area contributed by atoms with Gasteiger partial charge in [0, 0.05) is 19.8 Å². The van der Waals surface area contributed by atoms with E-state index in [2.05, 4.69) is 4.98 Å². The maximum atomic E-state index is 12.4. The Hall–Kier alpha value is -2.13. The molecule has 0 aliphatic carbocycles. The van der Waals surface area contributed by atoms with Crippen LogP contribution in [0.4, 0.5) is 5.82 Å². The molecule has 2 atom stereocenters. The molecule has 6 heteroatoms. The average Bonchev–Trinajstić information content (AvgIpc) is 2.49. The van der Waals surface area contributed by atoms with Gasteiger partial charge in [0.15, 0.2) is 0 Å². The summed E-state index contributed by atoms with van der Waals surface area (Å²) in [5, 5.41) is 8.76. The number of amides is 1. The zero-order chi connectivity index (χ0) is 15.4. The lowest BCUT2D eigenvalue weighted by atomic mass is 10.2. The monoisotopic (exact) mass is 288 g/mol. The van der Waals surface area contributed by atoms with Gasteiger partial charge in [0.05, 0.1) is 30.9 Å². The summed E-state index contributed by atoms with van der Waals surface area (Å²) < 4.78 is 5.54. The van der Waals surface area contributed by atoms with E-state index in [1.54, 1.807) is 17.0 Å². The fourth-order valence-electron chi connectivity index (χ4n) is 2.30. The Morgan fingerprint density at radius 3 is 2.95 bits per heavy atom. The Bertz CT molecular complexity index is 538. The molecular formula is C15H20N4O2.